The third-order valence-corrected chi connectivity index (χ3v) is 2.09. The molecule has 0 bridgehead atoms. The molecule has 0 atom stereocenters. The maximum atomic E-state index is 11.1. The summed E-state index contributed by atoms with van der Waals surface area (Å²) >= 11 is 0. The third kappa shape index (κ3) is 7.16. The first-order valence-electron chi connectivity index (χ1n) is 5.61. The van der Waals surface area contributed by atoms with Gasteiger partial charge in [-0.15, -0.1) is 0 Å². The Morgan fingerprint density at radius 3 is 1.71 bits per heavy atom. The molecule has 0 radical (unpaired) electrons. The van der Waals surface area contributed by atoms with Gasteiger partial charge in [-0.1, -0.05) is 0 Å². The minimum absolute atomic E-state index is 0.402. The summed E-state index contributed by atoms with van der Waals surface area (Å²) in [5.41, 5.74) is 0. The highest BCUT2D eigenvalue weighted by Crippen LogP contribution is 2.01. The van der Waals surface area contributed by atoms with Crippen LogP contribution in [0.5, 0.6) is 0 Å². The minimum atomic E-state index is -0.448. The fourth-order valence-electron chi connectivity index (χ4n) is 1.23. The first kappa shape index (κ1) is 13.3. The van der Waals surface area contributed by atoms with Crippen molar-refractivity contribution in [1.29, 1.82) is 0 Å². The lowest BCUT2D eigenvalue weighted by molar-refractivity contribution is -0.139. The van der Waals surface area contributed by atoms with Crippen LogP contribution in [0.25, 0.3) is 0 Å². The molecule has 94 valence electrons. The lowest BCUT2D eigenvalue weighted by Gasteiger charge is -2.02. The van der Waals surface area contributed by atoms with Crippen LogP contribution in [0, 0.1) is 0 Å². The van der Waals surface area contributed by atoms with Gasteiger partial charge in [-0.3, -0.25) is 0 Å². The van der Waals surface area contributed by atoms with Crippen LogP contribution in [0.1, 0.15) is 25.7 Å². The molecule has 0 saturated heterocycles. The summed E-state index contributed by atoms with van der Waals surface area (Å²) in [4.78, 5) is 22.2. The van der Waals surface area contributed by atoms with Crippen LogP contribution in [0.4, 0.5) is 0 Å². The molecule has 1 heterocycles. The molecule has 0 amide bonds. The van der Waals surface area contributed by atoms with Gasteiger partial charge in [0.1, 0.15) is 0 Å². The largest absolute Gasteiger partial charge is 0.472 e. The van der Waals surface area contributed by atoms with E-state index in [1.807, 2.05) is 0 Å². The van der Waals surface area contributed by atoms with Gasteiger partial charge in [-0.2, -0.15) is 0 Å². The number of cyclic esters (lactones) is 2. The van der Waals surface area contributed by atoms with E-state index in [2.05, 4.69) is 0 Å². The predicted octanol–water partition coefficient (Wildman–Crippen LogP) is 1.69. The monoisotopic (exact) mass is 240 g/mol. The molecule has 1 aliphatic heterocycles. The molecule has 1 aliphatic rings. The zero-order chi connectivity index (χ0) is 12.3. The Hall–Kier alpha value is -1.78. The fourth-order valence-corrected chi connectivity index (χ4v) is 1.23. The van der Waals surface area contributed by atoms with Crippen molar-refractivity contribution in [2.75, 3.05) is 13.2 Å². The predicted molar refractivity (Wildman–Crippen MR) is 59.8 cm³/mol. The number of hydrogen-bond donors (Lipinski definition) is 0. The number of rotatable bonds is 0. The maximum absolute atomic E-state index is 11.1. The Morgan fingerprint density at radius 1 is 0.765 bits per heavy atom. The highest BCUT2D eigenvalue weighted by molar-refractivity contribution is 5.82. The maximum Gasteiger partial charge on any atom is 0.333 e. The van der Waals surface area contributed by atoms with Gasteiger partial charge in [0.05, 0.1) is 37.9 Å². The average Bonchev–Trinajstić information content (AvgIpc) is 2.31. The molecule has 0 spiro atoms. The van der Waals surface area contributed by atoms with Gasteiger partial charge >= 0.3 is 11.9 Å². The van der Waals surface area contributed by atoms with E-state index in [4.69, 9.17) is 14.2 Å². The van der Waals surface area contributed by atoms with E-state index in [1.54, 1.807) is 0 Å². The number of carbonyl (C=O) groups is 2. The summed E-state index contributed by atoms with van der Waals surface area (Å²) in [5.74, 6) is -0.897. The Bertz CT molecular complexity index is 276. The van der Waals surface area contributed by atoms with Crippen LogP contribution in [0.2, 0.25) is 0 Å². The molecule has 0 fully saturated rings. The molecule has 0 unspecified atom stereocenters. The number of carbonyl (C=O) groups excluding carboxylic acids is 2. The highest BCUT2D eigenvalue weighted by atomic mass is 16.5. The van der Waals surface area contributed by atoms with Crippen LogP contribution in [0.3, 0.4) is 0 Å². The number of esters is 2. The fraction of sp³-hybridized carbons (Fsp3) is 0.500. The smallest absolute Gasteiger partial charge is 0.333 e. The second-order valence-electron chi connectivity index (χ2n) is 3.49. The topological polar surface area (TPSA) is 61.8 Å². The van der Waals surface area contributed by atoms with E-state index in [9.17, 15) is 9.59 Å². The summed E-state index contributed by atoms with van der Waals surface area (Å²) in [6.45, 7) is 0.803. The van der Waals surface area contributed by atoms with Gasteiger partial charge in [-0.25, -0.2) is 9.59 Å². The van der Waals surface area contributed by atoms with E-state index in [0.29, 0.717) is 13.2 Å². The van der Waals surface area contributed by atoms with Crippen molar-refractivity contribution >= 4 is 11.9 Å². The van der Waals surface area contributed by atoms with Crippen molar-refractivity contribution in [2.45, 2.75) is 25.7 Å². The second kappa shape index (κ2) is 8.38. The van der Waals surface area contributed by atoms with Crippen molar-refractivity contribution in [3.8, 4) is 0 Å². The van der Waals surface area contributed by atoms with Crippen LogP contribution in [-0.4, -0.2) is 25.2 Å². The standard InChI is InChI=1S/C12H16O5/c13-11-5-9-15-10-6-12(14)17-8-4-2-1-3-7-16-11/h5-6,9-10H,1-4,7-8H2/b9-5-,10-6-. The van der Waals surface area contributed by atoms with E-state index >= 15 is 0 Å². The molecular formula is C12H16O5. The van der Waals surface area contributed by atoms with E-state index in [-0.39, 0.29) is 0 Å². The Kier molecular flexibility index (Phi) is 6.55. The zero-order valence-corrected chi connectivity index (χ0v) is 9.59. The van der Waals surface area contributed by atoms with E-state index in [1.165, 1.54) is 0 Å². The zero-order valence-electron chi connectivity index (χ0n) is 9.59. The van der Waals surface area contributed by atoms with Crippen molar-refractivity contribution in [3.05, 3.63) is 24.7 Å². The molecule has 5 nitrogen and oxygen atoms in total. The third-order valence-electron chi connectivity index (χ3n) is 2.09. The summed E-state index contributed by atoms with van der Waals surface area (Å²) < 4.78 is 14.6. The van der Waals surface area contributed by atoms with E-state index in [0.717, 1.165) is 50.4 Å². The van der Waals surface area contributed by atoms with Gasteiger partial charge in [0.2, 0.25) is 0 Å². The molecular weight excluding hydrogens is 224 g/mol. The summed E-state index contributed by atoms with van der Waals surface area (Å²) in [6, 6.07) is 0. The summed E-state index contributed by atoms with van der Waals surface area (Å²) in [7, 11) is 0. The Labute approximate surface area is 100 Å². The molecule has 0 aromatic rings. The molecule has 0 aromatic carbocycles. The van der Waals surface area contributed by atoms with Crippen molar-refractivity contribution in [3.63, 3.8) is 0 Å². The number of hydrogen-bond acceptors (Lipinski definition) is 5. The molecule has 5 heteroatoms. The van der Waals surface area contributed by atoms with Crippen LogP contribution >= 0.6 is 0 Å². The quantitative estimate of drug-likeness (QED) is 0.603. The first-order chi connectivity index (χ1) is 8.29. The summed E-state index contributed by atoms with van der Waals surface area (Å²) in [5, 5.41) is 0. The second-order valence-corrected chi connectivity index (χ2v) is 3.49. The van der Waals surface area contributed by atoms with Crippen LogP contribution in [0.15, 0.2) is 24.7 Å². The van der Waals surface area contributed by atoms with Crippen molar-refractivity contribution in [1.82, 2.24) is 0 Å². The van der Waals surface area contributed by atoms with Crippen LogP contribution < -0.4 is 0 Å². The Balaban J connectivity index is 2.41. The lowest BCUT2D eigenvalue weighted by Crippen LogP contribution is -2.03. The Morgan fingerprint density at radius 2 is 1.24 bits per heavy atom. The van der Waals surface area contributed by atoms with Crippen molar-refractivity contribution < 1.29 is 23.8 Å². The first-order valence-corrected chi connectivity index (χ1v) is 5.61. The molecule has 0 aromatic heterocycles. The van der Waals surface area contributed by atoms with Gasteiger partial charge in [0.25, 0.3) is 0 Å². The number of ether oxygens (including phenoxy) is 3. The molecule has 17 heavy (non-hydrogen) atoms. The molecule has 0 N–H and O–H groups in total. The highest BCUT2D eigenvalue weighted by Gasteiger charge is 1.99. The lowest BCUT2D eigenvalue weighted by atomic mass is 10.2. The molecule has 0 aliphatic carbocycles. The average molecular weight is 240 g/mol. The molecule has 0 saturated carbocycles. The van der Waals surface area contributed by atoms with E-state index < -0.39 is 11.9 Å². The van der Waals surface area contributed by atoms with Gasteiger partial charge in [0, 0.05) is 0 Å². The normalized spacial score (nSPS) is 23.3. The minimum Gasteiger partial charge on any atom is -0.472 e. The molecule has 1 rings (SSSR count). The van der Waals surface area contributed by atoms with Crippen LogP contribution in [-0.2, 0) is 23.8 Å². The van der Waals surface area contributed by atoms with Gasteiger partial charge < -0.3 is 14.2 Å². The SMILES string of the molecule is O=C1/C=C\O/C=C\C(=O)OCCCCCCO1. The van der Waals surface area contributed by atoms with Gasteiger partial charge in [0.15, 0.2) is 0 Å². The van der Waals surface area contributed by atoms with Gasteiger partial charge in [-0.05, 0) is 25.7 Å². The van der Waals surface area contributed by atoms with Crippen molar-refractivity contribution in [2.24, 2.45) is 0 Å². The summed E-state index contributed by atoms with van der Waals surface area (Å²) in [6.07, 6.45) is 8.16.